The van der Waals surface area contributed by atoms with Crippen LogP contribution < -0.4 is 10.2 Å². The highest BCUT2D eigenvalue weighted by molar-refractivity contribution is 6.13. The van der Waals surface area contributed by atoms with Crippen molar-refractivity contribution < 1.29 is 4.79 Å². The fourth-order valence-corrected chi connectivity index (χ4v) is 3.52. The van der Waals surface area contributed by atoms with Crippen LogP contribution in [0.1, 0.15) is 10.4 Å². The predicted molar refractivity (Wildman–Crippen MR) is 108 cm³/mol. The van der Waals surface area contributed by atoms with Crippen LogP contribution in [-0.2, 0) is 0 Å². The predicted octanol–water partition coefficient (Wildman–Crippen LogP) is 3.84. The Hall–Kier alpha value is -2.85. The van der Waals surface area contributed by atoms with Crippen molar-refractivity contribution in [2.24, 2.45) is 0 Å². The van der Waals surface area contributed by atoms with Crippen LogP contribution in [0, 0.1) is 0 Å². The van der Waals surface area contributed by atoms with Crippen molar-refractivity contribution in [3.63, 3.8) is 0 Å². The van der Waals surface area contributed by atoms with Crippen LogP contribution in [-0.4, -0.2) is 44.0 Å². The Morgan fingerprint density at radius 1 is 0.846 bits per heavy atom. The lowest BCUT2D eigenvalue weighted by Gasteiger charge is -2.35. The van der Waals surface area contributed by atoms with Crippen LogP contribution in [0.15, 0.2) is 66.7 Å². The number of anilines is 2. The van der Waals surface area contributed by atoms with Gasteiger partial charge in [-0.3, -0.25) is 4.79 Å². The fraction of sp³-hybridized carbons (Fsp3) is 0.227. The number of benzene rings is 3. The molecule has 0 aliphatic carbocycles. The molecule has 1 N–H and O–H groups in total. The number of likely N-dealkylation sites (N-methyl/N-ethyl adjacent to an activating group) is 1. The number of rotatable bonds is 3. The molecule has 3 aromatic rings. The molecule has 0 spiro atoms. The zero-order valence-electron chi connectivity index (χ0n) is 15.0. The number of fused-ring (bicyclic) bond motifs is 1. The maximum absolute atomic E-state index is 13.0. The van der Waals surface area contributed by atoms with Crippen molar-refractivity contribution >= 4 is 28.1 Å². The Kier molecular flexibility index (Phi) is 4.59. The zero-order chi connectivity index (χ0) is 17.9. The summed E-state index contributed by atoms with van der Waals surface area (Å²) in [5.74, 6) is -0.0663. The zero-order valence-corrected chi connectivity index (χ0v) is 15.0. The lowest BCUT2D eigenvalue weighted by Crippen LogP contribution is -2.44. The summed E-state index contributed by atoms with van der Waals surface area (Å²) in [7, 11) is 2.14. The first-order valence-corrected chi connectivity index (χ1v) is 9.04. The SMILES string of the molecule is CN1CCN(c2ccccc2NC(=O)c2cccc3ccccc23)CC1. The minimum atomic E-state index is -0.0663. The Bertz CT molecular complexity index is 924. The van der Waals surface area contributed by atoms with Crippen LogP contribution in [0.5, 0.6) is 0 Å². The lowest BCUT2D eigenvalue weighted by atomic mass is 10.0. The minimum absolute atomic E-state index is 0.0663. The summed E-state index contributed by atoms with van der Waals surface area (Å²) in [6.07, 6.45) is 0. The number of para-hydroxylation sites is 2. The summed E-state index contributed by atoms with van der Waals surface area (Å²) in [4.78, 5) is 17.7. The molecular formula is C22H23N3O. The summed E-state index contributed by atoms with van der Waals surface area (Å²) in [5, 5.41) is 5.19. The topological polar surface area (TPSA) is 35.6 Å². The second-order valence-electron chi connectivity index (χ2n) is 6.79. The number of hydrogen-bond acceptors (Lipinski definition) is 3. The van der Waals surface area contributed by atoms with Gasteiger partial charge in [-0.2, -0.15) is 0 Å². The molecule has 1 heterocycles. The van der Waals surface area contributed by atoms with Crippen molar-refractivity contribution in [1.29, 1.82) is 0 Å². The third kappa shape index (κ3) is 3.28. The van der Waals surface area contributed by atoms with E-state index in [4.69, 9.17) is 0 Å². The fourth-order valence-electron chi connectivity index (χ4n) is 3.52. The maximum atomic E-state index is 13.0. The Morgan fingerprint density at radius 3 is 2.38 bits per heavy atom. The largest absolute Gasteiger partial charge is 0.367 e. The van der Waals surface area contributed by atoms with Gasteiger partial charge in [0.1, 0.15) is 0 Å². The molecule has 4 rings (SSSR count). The van der Waals surface area contributed by atoms with E-state index in [-0.39, 0.29) is 5.91 Å². The molecule has 1 saturated heterocycles. The van der Waals surface area contributed by atoms with Crippen molar-refractivity contribution in [2.45, 2.75) is 0 Å². The molecule has 0 unspecified atom stereocenters. The van der Waals surface area contributed by atoms with Gasteiger partial charge in [-0.15, -0.1) is 0 Å². The molecule has 0 radical (unpaired) electrons. The molecule has 3 aromatic carbocycles. The lowest BCUT2D eigenvalue weighted by molar-refractivity contribution is 0.102. The third-order valence-corrected chi connectivity index (χ3v) is 5.03. The Labute approximate surface area is 154 Å². The van der Waals surface area contributed by atoms with Crippen LogP contribution in [0.3, 0.4) is 0 Å². The smallest absolute Gasteiger partial charge is 0.256 e. The van der Waals surface area contributed by atoms with E-state index >= 15 is 0 Å². The summed E-state index contributed by atoms with van der Waals surface area (Å²) in [6.45, 7) is 4.01. The van der Waals surface area contributed by atoms with Gasteiger partial charge in [0.15, 0.2) is 0 Å². The molecule has 4 nitrogen and oxygen atoms in total. The molecule has 0 aromatic heterocycles. The van der Waals surface area contributed by atoms with E-state index in [1.165, 1.54) is 0 Å². The molecule has 26 heavy (non-hydrogen) atoms. The van der Waals surface area contributed by atoms with Crippen LogP contribution in [0.2, 0.25) is 0 Å². The molecule has 0 saturated carbocycles. The van der Waals surface area contributed by atoms with Gasteiger partial charge in [-0.1, -0.05) is 48.5 Å². The molecule has 1 aliphatic rings. The highest BCUT2D eigenvalue weighted by atomic mass is 16.1. The average Bonchev–Trinajstić information content (AvgIpc) is 2.68. The van der Waals surface area contributed by atoms with Gasteiger partial charge in [-0.05, 0) is 36.0 Å². The van der Waals surface area contributed by atoms with Gasteiger partial charge in [0.05, 0.1) is 11.4 Å². The van der Waals surface area contributed by atoms with E-state index in [0.29, 0.717) is 5.56 Å². The van der Waals surface area contributed by atoms with Crippen molar-refractivity contribution in [3.05, 3.63) is 72.3 Å². The summed E-state index contributed by atoms with van der Waals surface area (Å²) in [5.41, 5.74) is 2.67. The van der Waals surface area contributed by atoms with Crippen molar-refractivity contribution in [1.82, 2.24) is 4.90 Å². The number of amides is 1. The summed E-state index contributed by atoms with van der Waals surface area (Å²) < 4.78 is 0. The first-order chi connectivity index (χ1) is 12.7. The molecule has 1 fully saturated rings. The second-order valence-corrected chi connectivity index (χ2v) is 6.79. The molecular weight excluding hydrogens is 322 g/mol. The van der Waals surface area contributed by atoms with Gasteiger partial charge in [-0.25, -0.2) is 0 Å². The molecule has 1 amide bonds. The first-order valence-electron chi connectivity index (χ1n) is 9.04. The second kappa shape index (κ2) is 7.18. The van der Waals surface area contributed by atoms with Gasteiger partial charge < -0.3 is 15.1 Å². The van der Waals surface area contributed by atoms with Gasteiger partial charge in [0.25, 0.3) is 5.91 Å². The van der Waals surface area contributed by atoms with Gasteiger partial charge >= 0.3 is 0 Å². The number of carbonyl (C=O) groups is 1. The highest BCUT2D eigenvalue weighted by Crippen LogP contribution is 2.28. The van der Waals surface area contributed by atoms with E-state index in [9.17, 15) is 4.79 Å². The van der Waals surface area contributed by atoms with Gasteiger partial charge in [0, 0.05) is 31.7 Å². The molecule has 1 aliphatic heterocycles. The number of piperazine rings is 1. The van der Waals surface area contributed by atoms with Gasteiger partial charge in [0.2, 0.25) is 0 Å². The summed E-state index contributed by atoms with van der Waals surface area (Å²) in [6, 6.07) is 21.9. The standard InChI is InChI=1S/C22H23N3O/c1-24-13-15-25(16-14-24)21-12-5-4-11-20(21)23-22(26)19-10-6-8-17-7-2-3-9-18(17)19/h2-12H,13-16H2,1H3,(H,23,26). The average molecular weight is 345 g/mol. The Balaban J connectivity index is 1.62. The number of carbonyl (C=O) groups excluding carboxylic acids is 1. The van der Waals surface area contributed by atoms with Crippen LogP contribution in [0.4, 0.5) is 11.4 Å². The van der Waals surface area contributed by atoms with E-state index < -0.39 is 0 Å². The van der Waals surface area contributed by atoms with E-state index in [0.717, 1.165) is 48.3 Å². The number of nitrogens with one attached hydrogen (secondary N) is 1. The first kappa shape index (κ1) is 16.6. The highest BCUT2D eigenvalue weighted by Gasteiger charge is 2.18. The van der Waals surface area contributed by atoms with E-state index in [1.807, 2.05) is 60.7 Å². The van der Waals surface area contributed by atoms with Crippen LogP contribution >= 0.6 is 0 Å². The number of nitrogens with zero attached hydrogens (tertiary/aromatic N) is 2. The molecule has 4 heteroatoms. The molecule has 132 valence electrons. The molecule has 0 atom stereocenters. The monoisotopic (exact) mass is 345 g/mol. The Morgan fingerprint density at radius 2 is 1.54 bits per heavy atom. The number of hydrogen-bond donors (Lipinski definition) is 1. The molecule has 0 bridgehead atoms. The van der Waals surface area contributed by atoms with Crippen molar-refractivity contribution in [2.75, 3.05) is 43.4 Å². The normalized spacial score (nSPS) is 15.2. The summed E-state index contributed by atoms with van der Waals surface area (Å²) >= 11 is 0. The van der Waals surface area contributed by atoms with Crippen molar-refractivity contribution in [3.8, 4) is 0 Å². The van der Waals surface area contributed by atoms with Crippen LogP contribution in [0.25, 0.3) is 10.8 Å². The van der Waals surface area contributed by atoms with E-state index in [2.05, 4.69) is 28.2 Å². The maximum Gasteiger partial charge on any atom is 0.256 e. The minimum Gasteiger partial charge on any atom is -0.367 e. The van der Waals surface area contributed by atoms with E-state index in [1.54, 1.807) is 0 Å². The third-order valence-electron chi connectivity index (χ3n) is 5.03. The quantitative estimate of drug-likeness (QED) is 0.783.